The summed E-state index contributed by atoms with van der Waals surface area (Å²) < 4.78 is 67.5. The lowest BCUT2D eigenvalue weighted by Gasteiger charge is -2.29. The van der Waals surface area contributed by atoms with E-state index in [0.29, 0.717) is 41.3 Å². The number of imide groups is 1. The zero-order valence-corrected chi connectivity index (χ0v) is 31.6. The third-order valence-electron chi connectivity index (χ3n) is 9.92. The molecule has 2 saturated heterocycles. The van der Waals surface area contributed by atoms with Gasteiger partial charge in [0.2, 0.25) is 17.7 Å². The quantitative estimate of drug-likeness (QED) is 0.0847. The summed E-state index contributed by atoms with van der Waals surface area (Å²) in [6.07, 6.45) is -3.89. The van der Waals surface area contributed by atoms with Gasteiger partial charge < -0.3 is 19.5 Å². The van der Waals surface area contributed by atoms with Gasteiger partial charge >= 0.3 is 6.18 Å². The Labute approximate surface area is 333 Å². The number of hydrogen-bond acceptors (Lipinski definition) is 9. The van der Waals surface area contributed by atoms with Gasteiger partial charge in [0.05, 0.1) is 41.8 Å². The molecule has 2 aliphatic rings. The molecule has 3 heterocycles. The molecule has 0 saturated carbocycles. The molecule has 1 aromatic heterocycles. The number of nitrogens with one attached hydrogen (secondary N) is 2. The summed E-state index contributed by atoms with van der Waals surface area (Å²) in [4.78, 5) is 52.7. The Morgan fingerprint density at radius 2 is 1.76 bits per heavy atom. The minimum atomic E-state index is -4.85. The topological polar surface area (TPSA) is 158 Å². The highest BCUT2D eigenvalue weighted by Gasteiger charge is 2.51. The Bertz CT molecular complexity index is 2550. The molecular weight excluding hydrogens is 781 g/mol. The highest BCUT2D eigenvalue weighted by molar-refractivity contribution is 7.81. The highest BCUT2D eigenvalue weighted by Crippen LogP contribution is 2.40. The number of alkyl halides is 3. The van der Waals surface area contributed by atoms with Crippen molar-refractivity contribution in [1.82, 2.24) is 10.5 Å². The number of amides is 4. The molecule has 7 rings (SSSR count). The first kappa shape index (κ1) is 39.6. The van der Waals surface area contributed by atoms with E-state index < -0.39 is 46.4 Å². The lowest BCUT2D eigenvalue weighted by Crippen LogP contribution is -2.44. The SMILES string of the molecule is CC1(C)C(=O)N(c2ccc(C#N)c(C(F)(F)F)c2)C(=S)N1c1ccc(OCCc2ccc(CC(=O)Nc3ccc4onc(C5CCC(=O)NC5=O)c4c3)cc2)c(F)c1. The Kier molecular flexibility index (Phi) is 10.5. The number of nitriles is 1. The molecule has 4 aromatic carbocycles. The first-order chi connectivity index (χ1) is 27.5. The maximum Gasteiger partial charge on any atom is 0.417 e. The number of ether oxygens (including phenoxy) is 1. The van der Waals surface area contributed by atoms with E-state index in [1.165, 1.54) is 43.0 Å². The van der Waals surface area contributed by atoms with Gasteiger partial charge in [0.15, 0.2) is 22.3 Å². The second-order valence-corrected chi connectivity index (χ2v) is 14.6. The van der Waals surface area contributed by atoms with E-state index in [0.717, 1.165) is 28.2 Å². The summed E-state index contributed by atoms with van der Waals surface area (Å²) in [5, 5.41) is 18.8. The van der Waals surface area contributed by atoms with Gasteiger partial charge in [-0.3, -0.25) is 29.4 Å². The summed E-state index contributed by atoms with van der Waals surface area (Å²) in [6.45, 7) is 3.12. The molecule has 5 aromatic rings. The summed E-state index contributed by atoms with van der Waals surface area (Å²) in [6, 6.07) is 20.6. The molecule has 17 heteroatoms. The van der Waals surface area contributed by atoms with Crippen molar-refractivity contribution in [2.45, 2.75) is 57.2 Å². The number of thiocarbonyl (C=S) groups is 1. The normalized spacial score (nSPS) is 16.7. The van der Waals surface area contributed by atoms with Crippen LogP contribution in [0.5, 0.6) is 5.75 Å². The van der Waals surface area contributed by atoms with Gasteiger partial charge in [0.1, 0.15) is 11.2 Å². The summed E-state index contributed by atoms with van der Waals surface area (Å²) in [5.41, 5.74) is -0.311. The first-order valence-corrected chi connectivity index (χ1v) is 18.3. The van der Waals surface area contributed by atoms with Crippen molar-refractivity contribution in [3.63, 3.8) is 0 Å². The lowest BCUT2D eigenvalue weighted by molar-refractivity contribution is -0.138. The number of aromatic nitrogens is 1. The molecule has 0 spiro atoms. The second-order valence-electron chi connectivity index (χ2n) is 14.2. The summed E-state index contributed by atoms with van der Waals surface area (Å²) >= 11 is 5.54. The van der Waals surface area contributed by atoms with E-state index in [1.807, 2.05) is 12.1 Å². The van der Waals surface area contributed by atoms with Crippen LogP contribution in [0.15, 0.2) is 83.4 Å². The van der Waals surface area contributed by atoms with Crippen LogP contribution in [0.4, 0.5) is 34.6 Å². The third kappa shape index (κ3) is 7.70. The van der Waals surface area contributed by atoms with E-state index in [9.17, 15) is 32.3 Å². The molecule has 296 valence electrons. The summed E-state index contributed by atoms with van der Waals surface area (Å²) in [7, 11) is 0. The number of anilines is 3. The van der Waals surface area contributed by atoms with Crippen LogP contribution < -0.4 is 25.2 Å². The van der Waals surface area contributed by atoms with Gasteiger partial charge in [0.25, 0.3) is 5.91 Å². The Balaban J connectivity index is 0.946. The second kappa shape index (κ2) is 15.3. The van der Waals surface area contributed by atoms with Crippen molar-refractivity contribution >= 4 is 69.0 Å². The molecule has 58 heavy (non-hydrogen) atoms. The molecule has 2 N–H and O–H groups in total. The van der Waals surface area contributed by atoms with Crippen molar-refractivity contribution in [3.8, 4) is 11.8 Å². The Morgan fingerprint density at radius 3 is 2.45 bits per heavy atom. The number of nitrogens with zero attached hydrogens (tertiary/aromatic N) is 4. The standard InChI is InChI=1S/C41H32F4N6O6S/c1-40(2)38(55)50(26-9-7-24(21-46)30(19-26)41(43,44)45)39(58)51(40)27-10-13-33(31(42)20-27)56-16-15-22-3-5-23(6-4-22)17-35(53)47-25-8-12-32-29(18-25)36(49-57-32)28-11-14-34(52)48-37(28)54/h3-10,12-13,18-20,28H,11,14-17H2,1-2H3,(H,47,53)(H,48,52,54). The molecule has 1 unspecified atom stereocenters. The molecule has 0 aliphatic carbocycles. The minimum Gasteiger partial charge on any atom is -0.490 e. The largest absolute Gasteiger partial charge is 0.490 e. The molecule has 4 amide bonds. The van der Waals surface area contributed by atoms with Crippen molar-refractivity contribution < 1.29 is 46.0 Å². The summed E-state index contributed by atoms with van der Waals surface area (Å²) in [5.74, 6) is -3.18. The average molecular weight is 813 g/mol. The number of fused-ring (bicyclic) bond motifs is 1. The fraction of sp³-hybridized carbons (Fsp3) is 0.244. The van der Waals surface area contributed by atoms with Gasteiger partial charge in [-0.2, -0.15) is 18.4 Å². The molecular formula is C41H32F4N6O6S. The number of rotatable bonds is 10. The van der Waals surface area contributed by atoms with Crippen LogP contribution in [-0.2, 0) is 38.2 Å². The van der Waals surface area contributed by atoms with Crippen molar-refractivity contribution in [3.05, 3.63) is 113 Å². The van der Waals surface area contributed by atoms with Crippen LogP contribution in [0.25, 0.3) is 11.0 Å². The highest BCUT2D eigenvalue weighted by atomic mass is 32.1. The molecule has 12 nitrogen and oxygen atoms in total. The van der Waals surface area contributed by atoms with Gasteiger partial charge in [0, 0.05) is 35.7 Å². The number of benzene rings is 4. The van der Waals surface area contributed by atoms with E-state index in [2.05, 4.69) is 15.8 Å². The predicted octanol–water partition coefficient (Wildman–Crippen LogP) is 7.10. The van der Waals surface area contributed by atoms with E-state index in [4.69, 9.17) is 26.7 Å². The fourth-order valence-electron chi connectivity index (χ4n) is 6.94. The number of piperidine rings is 1. The Morgan fingerprint density at radius 1 is 1.03 bits per heavy atom. The van der Waals surface area contributed by atoms with E-state index in [1.54, 1.807) is 30.3 Å². The minimum absolute atomic E-state index is 0.0682. The van der Waals surface area contributed by atoms with E-state index in [-0.39, 0.29) is 53.5 Å². The molecule has 0 radical (unpaired) electrons. The molecule has 2 fully saturated rings. The van der Waals surface area contributed by atoms with Crippen LogP contribution in [0.1, 0.15) is 60.6 Å². The monoisotopic (exact) mass is 812 g/mol. The van der Waals surface area contributed by atoms with Crippen molar-refractivity contribution in [2.75, 3.05) is 21.7 Å². The van der Waals surface area contributed by atoms with Crippen molar-refractivity contribution in [2.24, 2.45) is 0 Å². The van der Waals surface area contributed by atoms with Gasteiger partial charge in [-0.1, -0.05) is 29.4 Å². The van der Waals surface area contributed by atoms with Crippen LogP contribution in [-0.4, -0.2) is 46.0 Å². The van der Waals surface area contributed by atoms with Gasteiger partial charge in [-0.25, -0.2) is 4.39 Å². The van der Waals surface area contributed by atoms with Crippen molar-refractivity contribution in [1.29, 1.82) is 5.26 Å². The number of halogens is 4. The first-order valence-electron chi connectivity index (χ1n) is 17.9. The van der Waals surface area contributed by atoms with Crippen LogP contribution in [0, 0.1) is 17.1 Å². The van der Waals surface area contributed by atoms with Crippen LogP contribution in [0.3, 0.4) is 0 Å². The van der Waals surface area contributed by atoms with Gasteiger partial charge in [-0.05, 0) is 92.1 Å². The number of hydrogen-bond donors (Lipinski definition) is 2. The van der Waals surface area contributed by atoms with Crippen LogP contribution in [0.2, 0.25) is 0 Å². The maximum absolute atomic E-state index is 15.4. The average Bonchev–Trinajstić information content (AvgIpc) is 3.66. The zero-order chi connectivity index (χ0) is 41.5. The fourth-order valence-corrected chi connectivity index (χ4v) is 7.46. The third-order valence-corrected chi connectivity index (χ3v) is 10.3. The lowest BCUT2D eigenvalue weighted by atomic mass is 9.93. The zero-order valence-electron chi connectivity index (χ0n) is 30.8. The molecule has 0 bridgehead atoms. The molecule has 2 aliphatic heterocycles. The van der Waals surface area contributed by atoms with Crippen LogP contribution >= 0.6 is 12.2 Å². The molecule has 1 atom stereocenters. The maximum atomic E-state index is 15.4. The van der Waals surface area contributed by atoms with Gasteiger partial charge in [-0.15, -0.1) is 0 Å². The number of carbonyl (C=O) groups excluding carboxylic acids is 4. The predicted molar refractivity (Wildman–Crippen MR) is 206 cm³/mol. The Hall–Kier alpha value is -6.67. The number of carbonyl (C=O) groups is 4. The smallest absolute Gasteiger partial charge is 0.417 e. The van der Waals surface area contributed by atoms with E-state index >= 15 is 4.39 Å².